The molecule has 1 aromatic carbocycles. The number of nitrogens with one attached hydrogen (secondary N) is 1. The number of hydrogen-bond acceptors (Lipinski definition) is 4. The summed E-state index contributed by atoms with van der Waals surface area (Å²) in [5, 5.41) is 20.0. The van der Waals surface area contributed by atoms with E-state index in [0.717, 1.165) is 0 Å². The third kappa shape index (κ3) is 1.59. The number of aromatic nitrogens is 3. The van der Waals surface area contributed by atoms with E-state index in [1.54, 1.807) is 12.1 Å². The summed E-state index contributed by atoms with van der Waals surface area (Å²) in [4.78, 5) is 9.96. The number of aromatic amines is 1. The molecule has 2 rings (SSSR count). The Morgan fingerprint density at radius 2 is 2.23 bits per heavy atom. The van der Waals surface area contributed by atoms with Crippen LogP contribution in [0.25, 0.3) is 11.0 Å². The number of nitro groups is 1. The second-order valence-electron chi connectivity index (χ2n) is 2.24. The number of H-pyrrole nitrogens is 1. The molecular formula is C6H4AgN4O2+. The van der Waals surface area contributed by atoms with Gasteiger partial charge < -0.3 is 0 Å². The van der Waals surface area contributed by atoms with E-state index < -0.39 is 4.92 Å². The Labute approximate surface area is 88.0 Å². The summed E-state index contributed by atoms with van der Waals surface area (Å²) < 4.78 is 0. The molecule has 7 heteroatoms. The molecular weight excluding hydrogens is 268 g/mol. The molecule has 0 saturated carbocycles. The number of fused-ring (bicyclic) bond motifs is 1. The summed E-state index contributed by atoms with van der Waals surface area (Å²) in [6, 6.07) is 4.66. The van der Waals surface area contributed by atoms with Crippen LogP contribution in [0.3, 0.4) is 0 Å². The first-order valence-corrected chi connectivity index (χ1v) is 3.23. The first kappa shape index (κ1) is 9.85. The zero-order chi connectivity index (χ0) is 8.55. The maximum absolute atomic E-state index is 10.4. The smallest absolute Gasteiger partial charge is 0.258 e. The molecule has 0 aliphatic carbocycles. The van der Waals surface area contributed by atoms with Crippen molar-refractivity contribution in [2.24, 2.45) is 0 Å². The topological polar surface area (TPSA) is 84.7 Å². The summed E-state index contributed by atoms with van der Waals surface area (Å²) in [6.45, 7) is 0. The molecule has 0 unspecified atom stereocenters. The summed E-state index contributed by atoms with van der Waals surface area (Å²) in [5.74, 6) is 0. The van der Waals surface area contributed by atoms with Gasteiger partial charge in [0.15, 0.2) is 5.52 Å². The largest absolute Gasteiger partial charge is 1.00 e. The minimum Gasteiger partial charge on any atom is -0.258 e. The van der Waals surface area contributed by atoms with Crippen LogP contribution in [0.5, 0.6) is 0 Å². The Bertz CT molecular complexity index is 441. The fourth-order valence-electron chi connectivity index (χ4n) is 1.00. The van der Waals surface area contributed by atoms with Crippen molar-refractivity contribution in [3.05, 3.63) is 28.3 Å². The quantitative estimate of drug-likeness (QED) is 0.474. The Morgan fingerprint density at radius 1 is 1.46 bits per heavy atom. The predicted octanol–water partition coefficient (Wildman–Crippen LogP) is 0.864. The van der Waals surface area contributed by atoms with E-state index in [4.69, 9.17) is 0 Å². The number of hydrogen-bond donors (Lipinski definition) is 1. The fourth-order valence-corrected chi connectivity index (χ4v) is 1.00. The second-order valence-corrected chi connectivity index (χ2v) is 2.24. The molecule has 13 heavy (non-hydrogen) atoms. The maximum Gasteiger partial charge on any atom is 1.00 e. The van der Waals surface area contributed by atoms with E-state index in [9.17, 15) is 10.1 Å². The summed E-state index contributed by atoms with van der Waals surface area (Å²) in [5.41, 5.74) is 0.841. The minimum atomic E-state index is -0.481. The van der Waals surface area contributed by atoms with Gasteiger partial charge in [0.25, 0.3) is 5.69 Å². The average Bonchev–Trinajstić information content (AvgIpc) is 2.49. The maximum atomic E-state index is 10.4. The Kier molecular flexibility index (Phi) is 2.76. The Morgan fingerprint density at radius 3 is 2.92 bits per heavy atom. The van der Waals surface area contributed by atoms with Crippen LogP contribution in [0.15, 0.2) is 18.2 Å². The van der Waals surface area contributed by atoms with Gasteiger partial charge in [0.2, 0.25) is 0 Å². The SMILES string of the molecule is O=[N+]([O-])c1cccc2[nH]nnc12.[Ag+]. The van der Waals surface area contributed by atoms with Gasteiger partial charge in [-0.1, -0.05) is 11.3 Å². The number of non-ortho nitro benzene ring substituents is 1. The van der Waals surface area contributed by atoms with Crippen molar-refractivity contribution in [2.75, 3.05) is 0 Å². The van der Waals surface area contributed by atoms with Crippen LogP contribution >= 0.6 is 0 Å². The second kappa shape index (κ2) is 3.65. The molecule has 0 amide bonds. The van der Waals surface area contributed by atoms with E-state index in [1.807, 2.05) is 0 Å². The predicted molar refractivity (Wildman–Crippen MR) is 40.5 cm³/mol. The van der Waals surface area contributed by atoms with Crippen molar-refractivity contribution in [3.8, 4) is 0 Å². The van der Waals surface area contributed by atoms with Crippen molar-refractivity contribution >= 4 is 16.7 Å². The fraction of sp³-hybridized carbons (Fsp3) is 0. The Hall–Kier alpha value is -1.24. The molecule has 0 aliphatic rings. The molecule has 0 saturated heterocycles. The van der Waals surface area contributed by atoms with Gasteiger partial charge in [0.05, 0.1) is 10.4 Å². The van der Waals surface area contributed by atoms with Gasteiger partial charge in [0.1, 0.15) is 0 Å². The molecule has 0 fully saturated rings. The van der Waals surface area contributed by atoms with Crippen LogP contribution in [0.4, 0.5) is 5.69 Å². The number of benzene rings is 1. The number of rotatable bonds is 1. The van der Waals surface area contributed by atoms with Crippen LogP contribution < -0.4 is 0 Å². The van der Waals surface area contributed by atoms with Crippen LogP contribution in [-0.4, -0.2) is 20.3 Å². The van der Waals surface area contributed by atoms with Crippen molar-refractivity contribution in [3.63, 3.8) is 0 Å². The van der Waals surface area contributed by atoms with Crippen molar-refractivity contribution < 1.29 is 27.3 Å². The molecule has 70 valence electrons. The van der Waals surface area contributed by atoms with E-state index in [2.05, 4.69) is 15.4 Å². The van der Waals surface area contributed by atoms with E-state index in [0.29, 0.717) is 11.0 Å². The normalized spacial score (nSPS) is 9.54. The van der Waals surface area contributed by atoms with Gasteiger partial charge in [0, 0.05) is 6.07 Å². The van der Waals surface area contributed by atoms with Gasteiger partial charge in [-0.3, -0.25) is 15.2 Å². The Balaban J connectivity index is 0.000000845. The molecule has 1 heterocycles. The van der Waals surface area contributed by atoms with E-state index in [1.165, 1.54) is 6.07 Å². The van der Waals surface area contributed by atoms with Gasteiger partial charge in [-0.25, -0.2) is 0 Å². The number of nitrogens with zero attached hydrogens (tertiary/aromatic N) is 3. The molecule has 2 aromatic rings. The first-order valence-electron chi connectivity index (χ1n) is 3.23. The monoisotopic (exact) mass is 271 g/mol. The average molecular weight is 272 g/mol. The van der Waals surface area contributed by atoms with Gasteiger partial charge >= 0.3 is 22.4 Å². The third-order valence-corrected chi connectivity index (χ3v) is 1.53. The summed E-state index contributed by atoms with van der Waals surface area (Å²) in [6.07, 6.45) is 0. The van der Waals surface area contributed by atoms with Crippen LogP contribution in [0, 0.1) is 10.1 Å². The first-order chi connectivity index (χ1) is 5.79. The zero-order valence-corrected chi connectivity index (χ0v) is 7.67. The molecule has 0 radical (unpaired) electrons. The summed E-state index contributed by atoms with van der Waals surface area (Å²) >= 11 is 0. The van der Waals surface area contributed by atoms with Crippen LogP contribution in [0.1, 0.15) is 0 Å². The van der Waals surface area contributed by atoms with Crippen LogP contribution in [-0.2, 0) is 22.4 Å². The number of nitro benzene ring substituents is 1. The van der Waals surface area contributed by atoms with Gasteiger partial charge in [-0.05, 0) is 6.07 Å². The minimum absolute atomic E-state index is 0. The van der Waals surface area contributed by atoms with E-state index >= 15 is 0 Å². The standard InChI is InChI=1S/C6H4N4O2.Ag/c11-10(12)5-3-1-2-4-6(5)8-9-7-4;/h1-3H,(H,7,8,9);/q;+1. The molecule has 1 N–H and O–H groups in total. The van der Waals surface area contributed by atoms with Crippen molar-refractivity contribution in [1.29, 1.82) is 0 Å². The molecule has 0 aliphatic heterocycles. The zero-order valence-electron chi connectivity index (χ0n) is 6.19. The molecule has 1 aromatic heterocycles. The third-order valence-electron chi connectivity index (χ3n) is 1.53. The van der Waals surface area contributed by atoms with E-state index in [-0.39, 0.29) is 28.1 Å². The molecule has 0 spiro atoms. The molecule has 0 bridgehead atoms. The molecule has 0 atom stereocenters. The summed E-state index contributed by atoms with van der Waals surface area (Å²) in [7, 11) is 0. The van der Waals surface area contributed by atoms with Crippen LogP contribution in [0.2, 0.25) is 0 Å². The van der Waals surface area contributed by atoms with Gasteiger partial charge in [-0.15, -0.1) is 5.10 Å². The van der Waals surface area contributed by atoms with Crippen molar-refractivity contribution in [1.82, 2.24) is 15.4 Å². The molecule has 6 nitrogen and oxygen atoms in total. The van der Waals surface area contributed by atoms with Gasteiger partial charge in [-0.2, -0.15) is 0 Å². The van der Waals surface area contributed by atoms with Crippen molar-refractivity contribution in [2.45, 2.75) is 0 Å².